The number of aliphatic imine (C=N–C) groups is 1. The van der Waals surface area contributed by atoms with Crippen LogP contribution in [0.5, 0.6) is 0 Å². The molecule has 1 rings (SSSR count). The van der Waals surface area contributed by atoms with Gasteiger partial charge < -0.3 is 15.2 Å². The fourth-order valence-electron chi connectivity index (χ4n) is 1.37. The van der Waals surface area contributed by atoms with Crippen molar-refractivity contribution in [1.29, 1.82) is 0 Å². The van der Waals surface area contributed by atoms with Crippen molar-refractivity contribution in [3.63, 3.8) is 0 Å². The van der Waals surface area contributed by atoms with Gasteiger partial charge in [0, 0.05) is 39.6 Å². The van der Waals surface area contributed by atoms with Gasteiger partial charge >= 0.3 is 0 Å². The molecule has 0 aliphatic carbocycles. The largest absolute Gasteiger partial charge is 0.357 e. The molecule has 2 N–H and O–H groups in total. The van der Waals surface area contributed by atoms with Gasteiger partial charge in [-0.15, -0.1) is 24.0 Å². The maximum absolute atomic E-state index is 4.17. The van der Waals surface area contributed by atoms with Gasteiger partial charge in [0.25, 0.3) is 0 Å². The molecular formula is C12H23IN4. The maximum atomic E-state index is 4.17. The van der Waals surface area contributed by atoms with Crippen molar-refractivity contribution in [3.8, 4) is 0 Å². The highest BCUT2D eigenvalue weighted by Gasteiger charge is 2.00. The van der Waals surface area contributed by atoms with Crippen LogP contribution in [0.2, 0.25) is 0 Å². The second-order valence-electron chi connectivity index (χ2n) is 4.39. The highest BCUT2D eigenvalue weighted by Crippen LogP contribution is 1.98. The van der Waals surface area contributed by atoms with Crippen molar-refractivity contribution in [2.45, 2.75) is 20.4 Å². The standard InChI is InChI=1S/C12H22N4.HI/c1-10(2)7-14-12(13-3)15-8-11-5-6-16(4)9-11;/h5-6,9-10H,7-8H2,1-4H3,(H2,13,14,15);1H. The quantitative estimate of drug-likeness (QED) is 0.495. The fourth-order valence-corrected chi connectivity index (χ4v) is 1.37. The summed E-state index contributed by atoms with van der Waals surface area (Å²) in [5, 5.41) is 6.56. The molecule has 17 heavy (non-hydrogen) atoms. The van der Waals surface area contributed by atoms with Crippen molar-refractivity contribution >= 4 is 29.9 Å². The summed E-state index contributed by atoms with van der Waals surface area (Å²) in [5.74, 6) is 1.48. The molecule has 0 aliphatic heterocycles. The summed E-state index contributed by atoms with van der Waals surface area (Å²) in [4.78, 5) is 4.17. The molecule has 0 aromatic carbocycles. The normalized spacial score (nSPS) is 11.2. The van der Waals surface area contributed by atoms with E-state index in [1.807, 2.05) is 17.8 Å². The van der Waals surface area contributed by atoms with Gasteiger partial charge in [-0.1, -0.05) is 13.8 Å². The molecule has 0 bridgehead atoms. The van der Waals surface area contributed by atoms with Gasteiger partial charge in [0.15, 0.2) is 5.96 Å². The van der Waals surface area contributed by atoms with E-state index in [9.17, 15) is 0 Å². The molecule has 0 saturated heterocycles. The lowest BCUT2D eigenvalue weighted by Gasteiger charge is -2.12. The molecule has 0 radical (unpaired) electrons. The van der Waals surface area contributed by atoms with E-state index in [1.54, 1.807) is 7.05 Å². The predicted molar refractivity (Wildman–Crippen MR) is 83.9 cm³/mol. The molecule has 0 atom stereocenters. The Bertz CT molecular complexity index is 344. The number of halogens is 1. The molecule has 1 heterocycles. The Balaban J connectivity index is 0.00000256. The van der Waals surface area contributed by atoms with Crippen molar-refractivity contribution in [3.05, 3.63) is 24.0 Å². The summed E-state index contributed by atoms with van der Waals surface area (Å²) in [6.45, 7) is 6.10. The molecule has 4 nitrogen and oxygen atoms in total. The van der Waals surface area contributed by atoms with Gasteiger partial charge in [-0.3, -0.25) is 4.99 Å². The van der Waals surface area contributed by atoms with Crippen LogP contribution in [0.3, 0.4) is 0 Å². The summed E-state index contributed by atoms with van der Waals surface area (Å²) in [7, 11) is 3.82. The summed E-state index contributed by atoms with van der Waals surface area (Å²) < 4.78 is 2.04. The molecule has 0 aliphatic rings. The molecule has 1 aromatic rings. The molecule has 1 aromatic heterocycles. The van der Waals surface area contributed by atoms with Gasteiger partial charge in [-0.25, -0.2) is 0 Å². The molecule has 0 unspecified atom stereocenters. The van der Waals surface area contributed by atoms with Crippen LogP contribution in [0.25, 0.3) is 0 Å². The van der Waals surface area contributed by atoms with E-state index in [0.29, 0.717) is 5.92 Å². The summed E-state index contributed by atoms with van der Waals surface area (Å²) >= 11 is 0. The third kappa shape index (κ3) is 6.55. The Hall–Kier alpha value is -0.720. The Morgan fingerprint density at radius 2 is 2.12 bits per heavy atom. The lowest BCUT2D eigenvalue weighted by Crippen LogP contribution is -2.38. The van der Waals surface area contributed by atoms with Gasteiger partial charge in [-0.2, -0.15) is 0 Å². The number of hydrogen-bond donors (Lipinski definition) is 2. The van der Waals surface area contributed by atoms with E-state index in [2.05, 4.69) is 41.7 Å². The second kappa shape index (κ2) is 8.38. The molecule has 98 valence electrons. The van der Waals surface area contributed by atoms with Crippen molar-refractivity contribution < 1.29 is 0 Å². The van der Waals surface area contributed by atoms with E-state index in [0.717, 1.165) is 19.0 Å². The molecule has 0 saturated carbocycles. The van der Waals surface area contributed by atoms with Gasteiger partial charge in [0.05, 0.1) is 0 Å². The van der Waals surface area contributed by atoms with Crippen molar-refractivity contribution in [1.82, 2.24) is 15.2 Å². The smallest absolute Gasteiger partial charge is 0.191 e. The lowest BCUT2D eigenvalue weighted by atomic mass is 10.2. The minimum absolute atomic E-state index is 0. The number of guanidine groups is 1. The summed E-state index contributed by atoms with van der Waals surface area (Å²) in [5.41, 5.74) is 1.26. The minimum Gasteiger partial charge on any atom is -0.357 e. The number of aryl methyl sites for hydroxylation is 1. The monoisotopic (exact) mass is 350 g/mol. The van der Waals surface area contributed by atoms with E-state index in [4.69, 9.17) is 0 Å². The number of nitrogens with one attached hydrogen (secondary N) is 2. The van der Waals surface area contributed by atoms with Crippen LogP contribution < -0.4 is 10.6 Å². The minimum atomic E-state index is 0. The molecule has 0 amide bonds. The van der Waals surface area contributed by atoms with Crippen LogP contribution in [0.1, 0.15) is 19.4 Å². The topological polar surface area (TPSA) is 41.4 Å². The Morgan fingerprint density at radius 3 is 2.59 bits per heavy atom. The van der Waals surface area contributed by atoms with Crippen LogP contribution in [0, 0.1) is 5.92 Å². The molecule has 0 spiro atoms. The van der Waals surface area contributed by atoms with Gasteiger partial charge in [0.2, 0.25) is 0 Å². The highest BCUT2D eigenvalue weighted by molar-refractivity contribution is 14.0. The predicted octanol–water partition coefficient (Wildman–Crippen LogP) is 1.96. The van der Waals surface area contributed by atoms with E-state index in [-0.39, 0.29) is 24.0 Å². The van der Waals surface area contributed by atoms with E-state index >= 15 is 0 Å². The Kier molecular flexibility index (Phi) is 8.03. The zero-order valence-corrected chi connectivity index (χ0v) is 13.4. The maximum Gasteiger partial charge on any atom is 0.191 e. The first-order valence-corrected chi connectivity index (χ1v) is 5.67. The average Bonchev–Trinajstić information content (AvgIpc) is 2.64. The third-order valence-electron chi connectivity index (χ3n) is 2.25. The van der Waals surface area contributed by atoms with E-state index < -0.39 is 0 Å². The molecule has 0 fully saturated rings. The first-order valence-electron chi connectivity index (χ1n) is 5.67. The molecular weight excluding hydrogens is 327 g/mol. The zero-order chi connectivity index (χ0) is 12.0. The van der Waals surface area contributed by atoms with Crippen molar-refractivity contribution in [2.24, 2.45) is 18.0 Å². The fraction of sp³-hybridized carbons (Fsp3) is 0.583. The zero-order valence-electron chi connectivity index (χ0n) is 11.0. The summed E-state index contributed by atoms with van der Waals surface area (Å²) in [6.07, 6.45) is 4.14. The summed E-state index contributed by atoms with van der Waals surface area (Å²) in [6, 6.07) is 2.10. The van der Waals surface area contributed by atoms with E-state index in [1.165, 1.54) is 5.56 Å². The van der Waals surface area contributed by atoms with Crippen LogP contribution in [0.4, 0.5) is 0 Å². The van der Waals surface area contributed by atoms with Crippen LogP contribution >= 0.6 is 24.0 Å². The number of aromatic nitrogens is 1. The lowest BCUT2D eigenvalue weighted by molar-refractivity contribution is 0.614. The van der Waals surface area contributed by atoms with Crippen LogP contribution in [-0.2, 0) is 13.6 Å². The van der Waals surface area contributed by atoms with Gasteiger partial charge in [0.1, 0.15) is 0 Å². The SMILES string of the molecule is CN=C(NCc1ccn(C)c1)NCC(C)C.I. The average molecular weight is 350 g/mol. The third-order valence-corrected chi connectivity index (χ3v) is 2.25. The molecule has 5 heteroatoms. The van der Waals surface area contributed by atoms with Crippen LogP contribution in [-0.4, -0.2) is 24.1 Å². The number of rotatable bonds is 4. The number of hydrogen-bond acceptors (Lipinski definition) is 1. The Morgan fingerprint density at radius 1 is 1.41 bits per heavy atom. The van der Waals surface area contributed by atoms with Crippen molar-refractivity contribution in [2.75, 3.05) is 13.6 Å². The highest BCUT2D eigenvalue weighted by atomic mass is 127. The Labute approximate surface area is 121 Å². The second-order valence-corrected chi connectivity index (χ2v) is 4.39. The number of nitrogens with zero attached hydrogens (tertiary/aromatic N) is 2. The first kappa shape index (κ1) is 16.3. The van der Waals surface area contributed by atoms with Crippen LogP contribution in [0.15, 0.2) is 23.5 Å². The first-order chi connectivity index (χ1) is 7.61. The van der Waals surface area contributed by atoms with Gasteiger partial charge in [-0.05, 0) is 17.5 Å².